The van der Waals surface area contributed by atoms with E-state index in [1.165, 1.54) is 22.9 Å². The maximum atomic E-state index is 14.3. The molecular formula is C26H27F2N9O2. The van der Waals surface area contributed by atoms with Crippen molar-refractivity contribution >= 4 is 34.2 Å². The summed E-state index contributed by atoms with van der Waals surface area (Å²) >= 11 is 0. The van der Waals surface area contributed by atoms with Gasteiger partial charge in [-0.15, -0.1) is 5.10 Å². The van der Waals surface area contributed by atoms with Crippen molar-refractivity contribution in [1.29, 1.82) is 0 Å². The third kappa shape index (κ3) is 4.43. The molecule has 6 rings (SSSR count). The number of carbonyl (C=O) groups is 1. The molecule has 2 N–H and O–H groups in total. The highest BCUT2D eigenvalue weighted by Gasteiger charge is 2.32. The topological polar surface area (TPSA) is 124 Å². The van der Waals surface area contributed by atoms with Gasteiger partial charge in [0, 0.05) is 32.2 Å². The zero-order valence-corrected chi connectivity index (χ0v) is 21.5. The lowest BCUT2D eigenvalue weighted by Crippen LogP contribution is -2.51. The van der Waals surface area contributed by atoms with E-state index in [1.54, 1.807) is 27.9 Å². The number of hydrogen-bond donors (Lipinski definition) is 1. The molecule has 11 nitrogen and oxygen atoms in total. The summed E-state index contributed by atoms with van der Waals surface area (Å²) in [6.45, 7) is 5.69. The number of amides is 1. The molecular weight excluding hydrogens is 508 g/mol. The first-order chi connectivity index (χ1) is 18.8. The third-order valence-electron chi connectivity index (χ3n) is 6.91. The minimum Gasteiger partial charge on any atom is -0.461 e. The molecule has 5 heterocycles. The molecule has 0 bridgehead atoms. The van der Waals surface area contributed by atoms with Crippen molar-refractivity contribution in [3.63, 3.8) is 0 Å². The molecule has 0 aliphatic carbocycles. The number of aromatic nitrogens is 6. The first kappa shape index (κ1) is 24.8. The van der Waals surface area contributed by atoms with Crippen LogP contribution < -0.4 is 10.6 Å². The normalized spacial score (nSPS) is 15.1. The molecule has 0 saturated carbocycles. The van der Waals surface area contributed by atoms with E-state index in [-0.39, 0.29) is 17.8 Å². The summed E-state index contributed by atoms with van der Waals surface area (Å²) in [6, 6.07) is 6.41. The Balaban J connectivity index is 1.30. The van der Waals surface area contributed by atoms with Crippen LogP contribution in [-0.2, 0) is 4.79 Å². The van der Waals surface area contributed by atoms with E-state index in [4.69, 9.17) is 10.2 Å². The second kappa shape index (κ2) is 9.64. The zero-order valence-electron chi connectivity index (χ0n) is 21.5. The van der Waals surface area contributed by atoms with E-state index < -0.39 is 17.7 Å². The summed E-state index contributed by atoms with van der Waals surface area (Å²) in [7, 11) is 0. The van der Waals surface area contributed by atoms with Crippen molar-refractivity contribution in [3.05, 3.63) is 54.4 Å². The largest absolute Gasteiger partial charge is 0.461 e. The third-order valence-corrected chi connectivity index (χ3v) is 6.91. The fraction of sp³-hybridized carbons (Fsp3) is 0.346. The van der Waals surface area contributed by atoms with E-state index in [0.29, 0.717) is 66.6 Å². The molecule has 1 atom stereocenters. The van der Waals surface area contributed by atoms with Gasteiger partial charge in [-0.25, -0.2) is 18.4 Å². The van der Waals surface area contributed by atoms with Crippen molar-refractivity contribution in [3.8, 4) is 11.6 Å². The molecule has 39 heavy (non-hydrogen) atoms. The number of piperazine rings is 1. The van der Waals surface area contributed by atoms with Crippen LogP contribution in [-0.4, -0.2) is 66.3 Å². The number of fused-ring (bicyclic) bond motifs is 3. The summed E-state index contributed by atoms with van der Waals surface area (Å²) < 4.78 is 36.1. The SMILES string of the molecule is CC(C)CC(C(=O)N1CCN(c2ccc(F)cc2F)CC1)n1ncc2c1nc(N)n1nc(-c3ccco3)nc21. The number of anilines is 2. The van der Waals surface area contributed by atoms with Crippen molar-refractivity contribution in [2.75, 3.05) is 36.8 Å². The van der Waals surface area contributed by atoms with Crippen molar-refractivity contribution in [1.82, 2.24) is 34.3 Å². The van der Waals surface area contributed by atoms with Gasteiger partial charge < -0.3 is 20.0 Å². The molecule has 0 spiro atoms. The Bertz CT molecular complexity index is 1650. The fourth-order valence-electron chi connectivity index (χ4n) is 5.03. The Morgan fingerprint density at radius 1 is 1.10 bits per heavy atom. The lowest BCUT2D eigenvalue weighted by molar-refractivity contribution is -0.135. The summed E-state index contributed by atoms with van der Waals surface area (Å²) in [5, 5.41) is 9.58. The van der Waals surface area contributed by atoms with Crippen LogP contribution in [0.3, 0.4) is 0 Å². The van der Waals surface area contributed by atoms with Gasteiger partial charge in [-0.2, -0.15) is 14.6 Å². The molecule has 1 aromatic carbocycles. The number of nitrogens with zero attached hydrogens (tertiary/aromatic N) is 8. The summed E-state index contributed by atoms with van der Waals surface area (Å²) in [4.78, 5) is 26.6. The maximum Gasteiger partial charge on any atom is 0.247 e. The molecule has 1 unspecified atom stereocenters. The fourth-order valence-corrected chi connectivity index (χ4v) is 5.03. The lowest BCUT2D eigenvalue weighted by Gasteiger charge is -2.38. The van der Waals surface area contributed by atoms with Gasteiger partial charge >= 0.3 is 0 Å². The van der Waals surface area contributed by atoms with Crippen LogP contribution >= 0.6 is 0 Å². The van der Waals surface area contributed by atoms with Gasteiger partial charge in [0.15, 0.2) is 17.1 Å². The molecule has 1 saturated heterocycles. The number of furan rings is 1. The van der Waals surface area contributed by atoms with E-state index in [1.807, 2.05) is 18.7 Å². The Labute approximate surface area is 221 Å². The standard InChI is InChI=1S/C26H27F2N9O2/c1-15(2)12-20(25(38)35-9-7-34(8-10-35)19-6-5-16(27)13-18(19)28)36-24-17(14-30-36)23-31-22(21-4-3-11-39-21)33-37(23)26(29)32-24/h3-6,11,13-15,20H,7-10,12H2,1-2H3,(H2,29,32). The average molecular weight is 536 g/mol. The number of benzene rings is 1. The summed E-state index contributed by atoms with van der Waals surface area (Å²) in [5.41, 5.74) is 7.47. The van der Waals surface area contributed by atoms with Gasteiger partial charge in [0.2, 0.25) is 17.7 Å². The Morgan fingerprint density at radius 2 is 1.90 bits per heavy atom. The Hall–Kier alpha value is -4.55. The van der Waals surface area contributed by atoms with E-state index in [0.717, 1.165) is 6.07 Å². The highest BCUT2D eigenvalue weighted by molar-refractivity contribution is 5.92. The van der Waals surface area contributed by atoms with Gasteiger partial charge in [-0.3, -0.25) is 4.79 Å². The molecule has 1 fully saturated rings. The highest BCUT2D eigenvalue weighted by atomic mass is 19.1. The Morgan fingerprint density at radius 3 is 2.59 bits per heavy atom. The minimum absolute atomic E-state index is 0.106. The highest BCUT2D eigenvalue weighted by Crippen LogP contribution is 2.29. The number of nitrogens with two attached hydrogens (primary N) is 1. The molecule has 5 aromatic rings. The van der Waals surface area contributed by atoms with E-state index in [2.05, 4.69) is 20.2 Å². The van der Waals surface area contributed by atoms with Gasteiger partial charge in [0.1, 0.15) is 17.7 Å². The number of hydrogen-bond acceptors (Lipinski definition) is 8. The van der Waals surface area contributed by atoms with Gasteiger partial charge in [-0.05, 0) is 36.6 Å². The molecule has 1 aliphatic rings. The summed E-state index contributed by atoms with van der Waals surface area (Å²) in [5.74, 6) is -0.198. The van der Waals surface area contributed by atoms with Crippen LogP contribution in [0.15, 0.2) is 47.2 Å². The van der Waals surface area contributed by atoms with Crippen molar-refractivity contribution in [2.24, 2.45) is 5.92 Å². The molecule has 4 aromatic heterocycles. The van der Waals surface area contributed by atoms with Crippen LogP contribution in [0.25, 0.3) is 28.3 Å². The second-order valence-electron chi connectivity index (χ2n) is 10.00. The molecule has 1 aliphatic heterocycles. The number of rotatable bonds is 6. The summed E-state index contributed by atoms with van der Waals surface area (Å²) in [6.07, 6.45) is 3.68. The van der Waals surface area contributed by atoms with Crippen LogP contribution in [0.4, 0.5) is 20.4 Å². The second-order valence-corrected chi connectivity index (χ2v) is 10.00. The van der Waals surface area contributed by atoms with Crippen LogP contribution in [0, 0.1) is 17.6 Å². The maximum absolute atomic E-state index is 14.3. The van der Waals surface area contributed by atoms with Crippen LogP contribution in [0.5, 0.6) is 0 Å². The number of nitrogen functional groups attached to an aromatic ring is 1. The molecule has 13 heteroatoms. The lowest BCUT2D eigenvalue weighted by atomic mass is 10.0. The monoisotopic (exact) mass is 535 g/mol. The Kier molecular flexibility index (Phi) is 6.12. The predicted octanol–water partition coefficient (Wildman–Crippen LogP) is 3.53. The van der Waals surface area contributed by atoms with E-state index in [9.17, 15) is 13.6 Å². The number of halogens is 2. The molecule has 0 radical (unpaired) electrons. The van der Waals surface area contributed by atoms with Gasteiger partial charge in [0.05, 0.1) is 23.5 Å². The van der Waals surface area contributed by atoms with Gasteiger partial charge in [0.25, 0.3) is 0 Å². The first-order valence-electron chi connectivity index (χ1n) is 12.7. The van der Waals surface area contributed by atoms with Crippen molar-refractivity contribution < 1.29 is 18.0 Å². The van der Waals surface area contributed by atoms with Crippen molar-refractivity contribution in [2.45, 2.75) is 26.3 Å². The average Bonchev–Trinajstić information content (AvgIpc) is 3.67. The predicted molar refractivity (Wildman–Crippen MR) is 140 cm³/mol. The van der Waals surface area contributed by atoms with Crippen LogP contribution in [0.1, 0.15) is 26.3 Å². The first-order valence-corrected chi connectivity index (χ1v) is 12.7. The zero-order chi connectivity index (χ0) is 27.3. The molecule has 1 amide bonds. The minimum atomic E-state index is -0.626. The van der Waals surface area contributed by atoms with Crippen LogP contribution in [0.2, 0.25) is 0 Å². The van der Waals surface area contributed by atoms with E-state index >= 15 is 0 Å². The quantitative estimate of drug-likeness (QED) is 0.350. The smallest absolute Gasteiger partial charge is 0.247 e. The molecule has 202 valence electrons. The number of carbonyl (C=O) groups excluding carboxylic acids is 1. The van der Waals surface area contributed by atoms with Gasteiger partial charge in [-0.1, -0.05) is 13.8 Å².